The first-order chi connectivity index (χ1) is 9.51. The maximum Gasteiger partial charge on any atom is 0.294 e. The molecule has 0 bridgehead atoms. The fourth-order valence-corrected chi connectivity index (χ4v) is 2.11. The molecule has 2 rings (SSSR count). The summed E-state index contributed by atoms with van der Waals surface area (Å²) in [6.45, 7) is 1.40. The lowest BCUT2D eigenvalue weighted by molar-refractivity contribution is -0.120. The van der Waals surface area contributed by atoms with Gasteiger partial charge in [-0.2, -0.15) is 8.42 Å². The molecule has 1 aromatic carbocycles. The molecule has 9 heteroatoms. The molecule has 0 saturated carbocycles. The van der Waals surface area contributed by atoms with E-state index in [1.54, 1.807) is 12.1 Å². The van der Waals surface area contributed by atoms with Gasteiger partial charge in [0.2, 0.25) is 5.91 Å². The fourth-order valence-electron chi connectivity index (χ4n) is 1.63. The molecule has 118 valence electrons. The monoisotopic (exact) mass is 322 g/mol. The first kappa shape index (κ1) is 17.5. The van der Waals surface area contributed by atoms with Crippen LogP contribution in [0.25, 0.3) is 0 Å². The Kier molecular flexibility index (Phi) is 5.37. The topological polar surface area (TPSA) is 109 Å². The predicted octanol–water partition coefficient (Wildman–Crippen LogP) is 0.711. The fraction of sp³-hybridized carbons (Fsp3) is 0.417. The molecule has 1 heterocycles. The van der Waals surface area contributed by atoms with Gasteiger partial charge in [-0.3, -0.25) is 14.7 Å². The number of primary amides is 1. The number of halogens is 2. The van der Waals surface area contributed by atoms with Gasteiger partial charge in [-0.25, -0.2) is 8.78 Å². The van der Waals surface area contributed by atoms with E-state index in [0.717, 1.165) is 5.56 Å². The molecule has 1 atom stereocenters. The zero-order chi connectivity index (χ0) is 16.3. The molecule has 0 aliphatic carbocycles. The summed E-state index contributed by atoms with van der Waals surface area (Å²) in [7, 11) is -4.02. The number of nitrogens with one attached hydrogen (secondary N) is 1. The molecule has 0 unspecified atom stereocenters. The summed E-state index contributed by atoms with van der Waals surface area (Å²) >= 11 is 0. The van der Waals surface area contributed by atoms with Crippen molar-refractivity contribution in [1.82, 2.24) is 5.32 Å². The minimum Gasteiger partial charge on any atom is -0.368 e. The van der Waals surface area contributed by atoms with Crippen molar-refractivity contribution >= 4 is 16.0 Å². The Morgan fingerprint density at radius 1 is 1.38 bits per heavy atom. The van der Waals surface area contributed by atoms with Crippen LogP contribution in [0.5, 0.6) is 0 Å². The zero-order valence-electron chi connectivity index (χ0n) is 11.2. The molecule has 1 aliphatic rings. The van der Waals surface area contributed by atoms with E-state index >= 15 is 0 Å². The van der Waals surface area contributed by atoms with Crippen LogP contribution in [0.3, 0.4) is 0 Å². The predicted molar refractivity (Wildman–Crippen MR) is 71.5 cm³/mol. The molecule has 1 fully saturated rings. The zero-order valence-corrected chi connectivity index (χ0v) is 12.0. The molecule has 1 aliphatic heterocycles. The number of amides is 1. The number of rotatable bonds is 2. The van der Waals surface area contributed by atoms with Crippen LogP contribution in [-0.4, -0.2) is 37.4 Å². The lowest BCUT2D eigenvalue weighted by Crippen LogP contribution is -2.36. The van der Waals surface area contributed by atoms with Gasteiger partial charge in [0.05, 0.1) is 17.5 Å². The van der Waals surface area contributed by atoms with Crippen molar-refractivity contribution in [2.45, 2.75) is 30.2 Å². The molecule has 21 heavy (non-hydrogen) atoms. The highest BCUT2D eigenvalue weighted by molar-refractivity contribution is 7.85. The molecule has 1 amide bonds. The van der Waals surface area contributed by atoms with E-state index in [1.165, 1.54) is 12.1 Å². The van der Waals surface area contributed by atoms with Crippen molar-refractivity contribution in [1.29, 1.82) is 0 Å². The van der Waals surface area contributed by atoms with Crippen LogP contribution < -0.4 is 11.1 Å². The normalized spacial score (nSPS) is 20.5. The van der Waals surface area contributed by atoms with Crippen molar-refractivity contribution < 1.29 is 26.5 Å². The number of aryl methyl sites for hydroxylation is 1. The largest absolute Gasteiger partial charge is 0.368 e. The van der Waals surface area contributed by atoms with Crippen LogP contribution in [-0.2, 0) is 14.9 Å². The molecule has 4 N–H and O–H groups in total. The van der Waals surface area contributed by atoms with Crippen molar-refractivity contribution in [3.05, 3.63) is 29.8 Å². The lowest BCUT2D eigenvalue weighted by atomic mass is 10.2. The minimum atomic E-state index is -4.02. The summed E-state index contributed by atoms with van der Waals surface area (Å²) in [5, 5.41) is 2.32. The lowest BCUT2D eigenvalue weighted by Gasteiger charge is -2.04. The molecule has 1 aromatic rings. The van der Waals surface area contributed by atoms with Gasteiger partial charge in [-0.1, -0.05) is 17.7 Å². The Morgan fingerprint density at radius 3 is 2.19 bits per heavy atom. The maximum absolute atomic E-state index is 12.3. The summed E-state index contributed by atoms with van der Waals surface area (Å²) in [5.41, 5.74) is 5.74. The number of carbonyl (C=O) groups is 1. The SMILES string of the molecule is Cc1ccc(S(=O)(=O)O)cc1.NC(=O)[C@@H]1CC(F)(F)CN1. The average molecular weight is 322 g/mol. The van der Waals surface area contributed by atoms with E-state index in [1.807, 2.05) is 6.92 Å². The van der Waals surface area contributed by atoms with E-state index < -0.39 is 41.0 Å². The van der Waals surface area contributed by atoms with Crippen molar-refractivity contribution in [3.63, 3.8) is 0 Å². The van der Waals surface area contributed by atoms with Crippen LogP contribution in [0.15, 0.2) is 29.2 Å². The molecule has 1 saturated heterocycles. The molecule has 0 aromatic heterocycles. The Morgan fingerprint density at radius 2 is 1.90 bits per heavy atom. The molecule has 6 nitrogen and oxygen atoms in total. The number of benzene rings is 1. The first-order valence-corrected chi connectivity index (χ1v) is 7.40. The summed E-state index contributed by atoms with van der Waals surface area (Å²) in [5.74, 6) is -3.48. The molecular formula is C12H16F2N2O4S. The van der Waals surface area contributed by atoms with Gasteiger partial charge in [0.25, 0.3) is 16.0 Å². The Balaban J connectivity index is 0.000000211. The smallest absolute Gasteiger partial charge is 0.294 e. The summed E-state index contributed by atoms with van der Waals surface area (Å²) < 4.78 is 54.1. The van der Waals surface area contributed by atoms with Crippen LogP contribution >= 0.6 is 0 Å². The third-order valence-corrected chi connectivity index (χ3v) is 3.64. The first-order valence-electron chi connectivity index (χ1n) is 5.96. The highest BCUT2D eigenvalue weighted by atomic mass is 32.2. The number of hydrogen-bond donors (Lipinski definition) is 3. The van der Waals surface area contributed by atoms with E-state index in [4.69, 9.17) is 10.3 Å². The molecule has 0 radical (unpaired) electrons. The second-order valence-electron chi connectivity index (χ2n) is 4.68. The Labute approximate surface area is 121 Å². The molecule has 0 spiro atoms. The van der Waals surface area contributed by atoms with E-state index in [-0.39, 0.29) is 4.90 Å². The van der Waals surface area contributed by atoms with E-state index in [9.17, 15) is 22.0 Å². The van der Waals surface area contributed by atoms with E-state index in [2.05, 4.69) is 5.32 Å². The third-order valence-electron chi connectivity index (χ3n) is 2.77. The van der Waals surface area contributed by atoms with E-state index in [0.29, 0.717) is 0 Å². The number of hydrogen-bond acceptors (Lipinski definition) is 4. The van der Waals surface area contributed by atoms with Crippen LogP contribution in [0.1, 0.15) is 12.0 Å². The van der Waals surface area contributed by atoms with Crippen molar-refractivity contribution in [2.24, 2.45) is 5.73 Å². The van der Waals surface area contributed by atoms with Crippen LogP contribution in [0.2, 0.25) is 0 Å². The van der Waals surface area contributed by atoms with Gasteiger partial charge >= 0.3 is 0 Å². The van der Waals surface area contributed by atoms with Crippen LogP contribution in [0, 0.1) is 6.92 Å². The molecular weight excluding hydrogens is 306 g/mol. The van der Waals surface area contributed by atoms with Gasteiger partial charge in [0.1, 0.15) is 0 Å². The number of nitrogens with two attached hydrogens (primary N) is 1. The second kappa shape index (κ2) is 6.46. The Bertz CT molecular complexity index is 602. The number of carbonyl (C=O) groups excluding carboxylic acids is 1. The highest BCUT2D eigenvalue weighted by Crippen LogP contribution is 2.24. The average Bonchev–Trinajstić information content (AvgIpc) is 2.70. The minimum absolute atomic E-state index is 0.0666. The summed E-state index contributed by atoms with van der Waals surface area (Å²) in [6.07, 6.45) is -0.470. The highest BCUT2D eigenvalue weighted by Gasteiger charge is 2.41. The standard InChI is InChI=1S/C7H8O3S.C5H8F2N2O/c1-6-2-4-7(5-3-6)11(8,9)10;6-5(7)1-3(4(8)10)9-2-5/h2-5H,1H3,(H,8,9,10);3,9H,1-2H2,(H2,8,10)/t;3-/m.0/s1. The summed E-state index contributed by atoms with van der Waals surface area (Å²) in [6, 6.07) is 5.14. The van der Waals surface area contributed by atoms with Gasteiger partial charge in [0.15, 0.2) is 0 Å². The van der Waals surface area contributed by atoms with Gasteiger partial charge in [-0.15, -0.1) is 0 Å². The van der Waals surface area contributed by atoms with Crippen LogP contribution in [0.4, 0.5) is 8.78 Å². The van der Waals surface area contributed by atoms with Crippen molar-refractivity contribution in [2.75, 3.05) is 6.54 Å². The van der Waals surface area contributed by atoms with Gasteiger partial charge in [-0.05, 0) is 19.1 Å². The number of alkyl halides is 2. The summed E-state index contributed by atoms with van der Waals surface area (Å²) in [4.78, 5) is 10.2. The quantitative estimate of drug-likeness (QED) is 0.695. The van der Waals surface area contributed by atoms with Gasteiger partial charge < -0.3 is 5.73 Å². The maximum atomic E-state index is 12.3. The van der Waals surface area contributed by atoms with Gasteiger partial charge in [0, 0.05) is 6.42 Å². The van der Waals surface area contributed by atoms with Crippen molar-refractivity contribution in [3.8, 4) is 0 Å². The third kappa shape index (κ3) is 5.74. The second-order valence-corrected chi connectivity index (χ2v) is 6.11. The Hall–Kier alpha value is -1.58.